The summed E-state index contributed by atoms with van der Waals surface area (Å²) < 4.78 is 0. The zero-order valence-electron chi connectivity index (χ0n) is 14.9. The molecule has 0 spiro atoms. The number of benzene rings is 3. The van der Waals surface area contributed by atoms with Crippen molar-refractivity contribution in [3.8, 4) is 11.1 Å². The third-order valence-corrected chi connectivity index (χ3v) is 5.11. The van der Waals surface area contributed by atoms with E-state index in [1.165, 1.54) is 17.3 Å². The number of carbonyl (C=O) groups excluding carboxylic acids is 1. The van der Waals surface area contributed by atoms with Crippen LogP contribution < -0.4 is 5.32 Å². The van der Waals surface area contributed by atoms with Crippen molar-refractivity contribution in [2.24, 2.45) is 0 Å². The molecule has 0 unspecified atom stereocenters. The van der Waals surface area contributed by atoms with Crippen LogP contribution in [-0.4, -0.2) is 21.6 Å². The van der Waals surface area contributed by atoms with Crippen molar-refractivity contribution < 1.29 is 4.79 Å². The van der Waals surface area contributed by atoms with Crippen LogP contribution in [0, 0.1) is 6.92 Å². The van der Waals surface area contributed by atoms with Gasteiger partial charge in [0.05, 0.1) is 16.8 Å². The maximum absolute atomic E-state index is 12.5. The molecule has 0 fully saturated rings. The molecular weight excluding hydrogens is 354 g/mol. The molecule has 1 amide bonds. The van der Waals surface area contributed by atoms with Gasteiger partial charge in [-0.25, -0.2) is 4.98 Å². The highest BCUT2D eigenvalue weighted by Crippen LogP contribution is 2.28. The number of para-hydroxylation sites is 1. The first kappa shape index (κ1) is 17.4. The molecule has 4 rings (SSSR count). The molecule has 27 heavy (non-hydrogen) atoms. The van der Waals surface area contributed by atoms with Gasteiger partial charge in [-0.3, -0.25) is 4.79 Å². The Morgan fingerprint density at radius 3 is 2.67 bits per heavy atom. The number of aromatic nitrogens is 2. The largest absolute Gasteiger partial charge is 0.333 e. The monoisotopic (exact) mass is 373 g/mol. The summed E-state index contributed by atoms with van der Waals surface area (Å²) in [5.74, 6) is 0.238. The molecule has 5 heteroatoms. The summed E-state index contributed by atoms with van der Waals surface area (Å²) in [6.45, 7) is 2.05. The second kappa shape index (κ2) is 7.68. The summed E-state index contributed by atoms with van der Waals surface area (Å²) >= 11 is 1.40. The van der Waals surface area contributed by atoms with Gasteiger partial charge in [-0.15, -0.1) is 0 Å². The normalized spacial score (nSPS) is 10.9. The fourth-order valence-electron chi connectivity index (χ4n) is 2.95. The number of aryl methyl sites for hydroxylation is 1. The molecule has 0 saturated heterocycles. The second-order valence-electron chi connectivity index (χ2n) is 6.31. The van der Waals surface area contributed by atoms with Crippen molar-refractivity contribution in [2.75, 3.05) is 11.1 Å². The van der Waals surface area contributed by atoms with Gasteiger partial charge in [-0.05, 0) is 36.2 Å². The van der Waals surface area contributed by atoms with Crippen molar-refractivity contribution in [2.45, 2.75) is 12.1 Å². The number of amides is 1. The Morgan fingerprint density at radius 1 is 1.04 bits per heavy atom. The fraction of sp³-hybridized carbons (Fsp3) is 0.0909. The molecule has 1 aromatic heterocycles. The maximum Gasteiger partial charge on any atom is 0.234 e. The molecule has 0 aliphatic rings. The zero-order chi connectivity index (χ0) is 18.6. The van der Waals surface area contributed by atoms with Crippen LogP contribution in [0.5, 0.6) is 0 Å². The highest BCUT2D eigenvalue weighted by atomic mass is 32.2. The number of aromatic amines is 1. The minimum absolute atomic E-state index is 0.0555. The van der Waals surface area contributed by atoms with Crippen molar-refractivity contribution in [1.29, 1.82) is 0 Å². The predicted molar refractivity (Wildman–Crippen MR) is 112 cm³/mol. The third-order valence-electron chi connectivity index (χ3n) is 4.24. The van der Waals surface area contributed by atoms with Crippen molar-refractivity contribution in [3.05, 3.63) is 78.4 Å². The number of carbonyl (C=O) groups is 1. The molecule has 0 aliphatic carbocycles. The smallest absolute Gasteiger partial charge is 0.234 e. The molecule has 0 bridgehead atoms. The van der Waals surface area contributed by atoms with E-state index in [9.17, 15) is 4.79 Å². The SMILES string of the molecule is Cc1ccc2nc(SCC(=O)Nc3ccccc3-c3ccccc3)[nH]c2c1. The van der Waals surface area contributed by atoms with E-state index in [0.717, 1.165) is 33.0 Å². The number of hydrogen-bond acceptors (Lipinski definition) is 3. The number of anilines is 1. The topological polar surface area (TPSA) is 57.8 Å². The lowest BCUT2D eigenvalue weighted by Crippen LogP contribution is -2.14. The van der Waals surface area contributed by atoms with Crippen LogP contribution in [0.2, 0.25) is 0 Å². The molecule has 1 heterocycles. The second-order valence-corrected chi connectivity index (χ2v) is 7.28. The van der Waals surface area contributed by atoms with Gasteiger partial charge in [-0.1, -0.05) is 66.4 Å². The summed E-state index contributed by atoms with van der Waals surface area (Å²) in [6.07, 6.45) is 0. The molecule has 0 saturated carbocycles. The minimum atomic E-state index is -0.0555. The zero-order valence-corrected chi connectivity index (χ0v) is 15.7. The molecule has 4 nitrogen and oxygen atoms in total. The Labute approximate surface area is 162 Å². The third kappa shape index (κ3) is 4.04. The Hall–Kier alpha value is -3.05. The first-order chi connectivity index (χ1) is 13.2. The average molecular weight is 373 g/mol. The Bertz CT molecular complexity index is 1090. The summed E-state index contributed by atoms with van der Waals surface area (Å²) in [7, 11) is 0. The van der Waals surface area contributed by atoms with E-state index in [4.69, 9.17) is 0 Å². The summed E-state index contributed by atoms with van der Waals surface area (Å²) in [6, 6.07) is 24.0. The van der Waals surface area contributed by atoms with Crippen molar-refractivity contribution in [3.63, 3.8) is 0 Å². The van der Waals surface area contributed by atoms with Crippen LogP contribution >= 0.6 is 11.8 Å². The van der Waals surface area contributed by atoms with Gasteiger partial charge in [0.2, 0.25) is 5.91 Å². The number of imidazole rings is 1. The first-order valence-electron chi connectivity index (χ1n) is 8.72. The quantitative estimate of drug-likeness (QED) is 0.469. The fourth-order valence-corrected chi connectivity index (χ4v) is 3.64. The van der Waals surface area contributed by atoms with E-state index < -0.39 is 0 Å². The number of nitrogens with one attached hydrogen (secondary N) is 2. The van der Waals surface area contributed by atoms with Gasteiger partial charge in [0, 0.05) is 11.3 Å². The molecule has 3 aromatic carbocycles. The number of fused-ring (bicyclic) bond motifs is 1. The maximum atomic E-state index is 12.5. The molecule has 0 radical (unpaired) electrons. The van der Waals surface area contributed by atoms with Crippen LogP contribution in [0.25, 0.3) is 22.2 Å². The summed E-state index contributed by atoms with van der Waals surface area (Å²) in [4.78, 5) is 20.3. The number of H-pyrrole nitrogens is 1. The lowest BCUT2D eigenvalue weighted by atomic mass is 10.0. The van der Waals surface area contributed by atoms with Gasteiger partial charge in [-0.2, -0.15) is 0 Å². The van der Waals surface area contributed by atoms with Crippen LogP contribution in [0.15, 0.2) is 78.0 Å². The van der Waals surface area contributed by atoms with Gasteiger partial charge >= 0.3 is 0 Å². The summed E-state index contributed by atoms with van der Waals surface area (Å²) in [5, 5.41) is 3.77. The Balaban J connectivity index is 1.45. The highest BCUT2D eigenvalue weighted by molar-refractivity contribution is 7.99. The van der Waals surface area contributed by atoms with Gasteiger partial charge in [0.25, 0.3) is 0 Å². The highest BCUT2D eigenvalue weighted by Gasteiger charge is 2.10. The molecule has 134 valence electrons. The number of nitrogens with zero attached hydrogens (tertiary/aromatic N) is 1. The van der Waals surface area contributed by atoms with E-state index in [2.05, 4.69) is 21.4 Å². The van der Waals surface area contributed by atoms with E-state index >= 15 is 0 Å². The van der Waals surface area contributed by atoms with E-state index in [1.807, 2.05) is 73.7 Å². The van der Waals surface area contributed by atoms with Crippen LogP contribution in [0.3, 0.4) is 0 Å². The van der Waals surface area contributed by atoms with Crippen LogP contribution in [0.4, 0.5) is 5.69 Å². The van der Waals surface area contributed by atoms with Crippen molar-refractivity contribution >= 4 is 34.4 Å². The van der Waals surface area contributed by atoms with E-state index in [1.54, 1.807) is 0 Å². The lowest BCUT2D eigenvalue weighted by Gasteiger charge is -2.11. The average Bonchev–Trinajstić information content (AvgIpc) is 3.09. The lowest BCUT2D eigenvalue weighted by molar-refractivity contribution is -0.113. The number of hydrogen-bond donors (Lipinski definition) is 2. The van der Waals surface area contributed by atoms with E-state index in [-0.39, 0.29) is 5.91 Å². The first-order valence-corrected chi connectivity index (χ1v) is 9.71. The van der Waals surface area contributed by atoms with Crippen LogP contribution in [-0.2, 0) is 4.79 Å². The number of rotatable bonds is 5. The molecule has 0 aliphatic heterocycles. The van der Waals surface area contributed by atoms with Gasteiger partial charge < -0.3 is 10.3 Å². The molecule has 2 N–H and O–H groups in total. The standard InChI is InChI=1S/C22H19N3OS/c1-15-11-12-19-20(13-15)25-22(24-19)27-14-21(26)23-18-10-6-5-9-17(18)16-7-3-2-4-8-16/h2-13H,14H2,1H3,(H,23,26)(H,24,25). The Morgan fingerprint density at radius 2 is 1.81 bits per heavy atom. The predicted octanol–water partition coefficient (Wildman–Crippen LogP) is 5.27. The minimum Gasteiger partial charge on any atom is -0.333 e. The summed E-state index contributed by atoms with van der Waals surface area (Å²) in [5.41, 5.74) is 5.99. The van der Waals surface area contributed by atoms with Crippen molar-refractivity contribution in [1.82, 2.24) is 9.97 Å². The number of thioether (sulfide) groups is 1. The van der Waals surface area contributed by atoms with Gasteiger partial charge in [0.1, 0.15) is 0 Å². The van der Waals surface area contributed by atoms with Crippen LogP contribution in [0.1, 0.15) is 5.56 Å². The van der Waals surface area contributed by atoms with E-state index in [0.29, 0.717) is 5.75 Å². The molecule has 4 aromatic rings. The molecular formula is C22H19N3OS. The van der Waals surface area contributed by atoms with Gasteiger partial charge in [0.15, 0.2) is 5.16 Å². The molecule has 0 atom stereocenters. The Kier molecular flexibility index (Phi) is 4.94.